The van der Waals surface area contributed by atoms with Crippen molar-refractivity contribution in [1.82, 2.24) is 19.1 Å². The SMILES string of the molecule is CC1CC=Cc2c1c1c(ccc3c4ccccc4n(-c4cccc(-c5cc(-c6ccccc6)nc(-c6ccccc6)c5)c4)c31)n2-c1cccc(-c2cc(-c3ccccc3)nc(-c3ccccc3)c2)c1. The topological polar surface area (TPSA) is 35.6 Å². The van der Waals surface area contributed by atoms with Gasteiger partial charge in [-0.3, -0.25) is 0 Å². The zero-order valence-electron chi connectivity index (χ0n) is 38.2. The summed E-state index contributed by atoms with van der Waals surface area (Å²) in [6.07, 6.45) is 5.69. The molecule has 326 valence electrons. The number of nitrogens with zero attached hydrogens (tertiary/aromatic N) is 4. The molecular formula is C65H46N4. The van der Waals surface area contributed by atoms with Gasteiger partial charge in [0, 0.05) is 49.8 Å². The second-order valence-electron chi connectivity index (χ2n) is 18.2. The number of pyridine rings is 2. The van der Waals surface area contributed by atoms with Crippen molar-refractivity contribution in [2.45, 2.75) is 19.3 Å². The maximum Gasteiger partial charge on any atom is 0.0715 e. The fraction of sp³-hybridized carbons (Fsp3) is 0.0462. The van der Waals surface area contributed by atoms with Crippen molar-refractivity contribution >= 4 is 38.8 Å². The molecular weight excluding hydrogens is 837 g/mol. The summed E-state index contributed by atoms with van der Waals surface area (Å²) in [4.78, 5) is 10.4. The van der Waals surface area contributed by atoms with Gasteiger partial charge in [-0.25, -0.2) is 9.97 Å². The summed E-state index contributed by atoms with van der Waals surface area (Å²) in [6.45, 7) is 2.39. The van der Waals surface area contributed by atoms with E-state index in [-0.39, 0.29) is 0 Å². The van der Waals surface area contributed by atoms with E-state index in [1.165, 1.54) is 44.0 Å². The van der Waals surface area contributed by atoms with Crippen LogP contribution in [0.1, 0.15) is 30.5 Å². The highest BCUT2D eigenvalue weighted by Gasteiger charge is 2.28. The molecule has 0 aliphatic heterocycles. The number of benzene rings is 8. The molecule has 0 spiro atoms. The first kappa shape index (κ1) is 40.4. The molecule has 0 saturated carbocycles. The average Bonchev–Trinajstić information content (AvgIpc) is 3.96. The molecule has 1 unspecified atom stereocenters. The lowest BCUT2D eigenvalue weighted by Crippen LogP contribution is -2.03. The van der Waals surface area contributed by atoms with Gasteiger partial charge >= 0.3 is 0 Å². The molecule has 0 saturated heterocycles. The van der Waals surface area contributed by atoms with E-state index in [0.29, 0.717) is 5.92 Å². The fourth-order valence-corrected chi connectivity index (χ4v) is 10.7. The number of aromatic nitrogens is 4. The summed E-state index contributed by atoms with van der Waals surface area (Å²) in [5.41, 5.74) is 21.2. The van der Waals surface area contributed by atoms with Crippen LogP contribution < -0.4 is 0 Å². The summed E-state index contributed by atoms with van der Waals surface area (Å²) < 4.78 is 5.02. The first-order valence-electron chi connectivity index (χ1n) is 23.9. The van der Waals surface area contributed by atoms with Gasteiger partial charge in [0.05, 0.1) is 45.0 Å². The Morgan fingerprint density at radius 2 is 0.826 bits per heavy atom. The van der Waals surface area contributed by atoms with Gasteiger partial charge in [-0.15, -0.1) is 0 Å². The Labute approximate surface area is 401 Å². The van der Waals surface area contributed by atoms with Gasteiger partial charge in [-0.05, 0) is 107 Å². The van der Waals surface area contributed by atoms with Crippen LogP contribution in [0.2, 0.25) is 0 Å². The lowest BCUT2D eigenvalue weighted by atomic mass is 9.90. The van der Waals surface area contributed by atoms with Gasteiger partial charge in [-0.1, -0.05) is 183 Å². The maximum atomic E-state index is 5.20. The average molecular weight is 883 g/mol. The van der Waals surface area contributed by atoms with Crippen molar-refractivity contribution in [2.75, 3.05) is 0 Å². The highest BCUT2D eigenvalue weighted by Crippen LogP contribution is 2.46. The Bertz CT molecular complexity index is 3800. The Hall–Kier alpha value is -8.86. The van der Waals surface area contributed by atoms with Crippen LogP contribution in [0.25, 0.3) is 117 Å². The standard InChI is InChI=1S/C65H46N4/c1-43-19-16-34-61-63(43)64-62(68(61)52-30-17-28-48(37-52)50-39-56(44-20-6-2-7-21-44)66-57(40-50)45-22-8-3-9-23-45)36-35-55-54-32-14-15-33-60(54)69(65(55)64)53-31-18-29-49(38-53)51-41-58(46-24-10-4-11-25-46)67-59(42-51)47-26-12-5-13-27-47/h2-18,20-43H,19H2,1H3. The third-order valence-electron chi connectivity index (χ3n) is 13.9. The van der Waals surface area contributed by atoms with Crippen LogP contribution in [0.3, 0.4) is 0 Å². The molecule has 8 aromatic carbocycles. The molecule has 0 N–H and O–H groups in total. The third-order valence-corrected chi connectivity index (χ3v) is 13.9. The van der Waals surface area contributed by atoms with Gasteiger partial charge < -0.3 is 9.13 Å². The quantitative estimate of drug-likeness (QED) is 0.152. The number of fused-ring (bicyclic) bond motifs is 7. The van der Waals surface area contributed by atoms with Crippen LogP contribution in [0.15, 0.2) is 237 Å². The van der Waals surface area contributed by atoms with Crippen molar-refractivity contribution in [3.63, 3.8) is 0 Å². The summed E-state index contributed by atoms with van der Waals surface area (Å²) in [5.74, 6) is 0.312. The number of allylic oxidation sites excluding steroid dienone is 1. The zero-order valence-corrected chi connectivity index (χ0v) is 38.2. The van der Waals surface area contributed by atoms with Gasteiger partial charge in [0.15, 0.2) is 0 Å². The van der Waals surface area contributed by atoms with E-state index in [1.807, 2.05) is 0 Å². The van der Waals surface area contributed by atoms with Gasteiger partial charge in [0.2, 0.25) is 0 Å². The molecule has 0 fully saturated rings. The second-order valence-corrected chi connectivity index (χ2v) is 18.2. The first-order chi connectivity index (χ1) is 34.1. The lowest BCUT2D eigenvalue weighted by molar-refractivity contribution is 0.773. The summed E-state index contributed by atoms with van der Waals surface area (Å²) in [6, 6.07) is 82.7. The summed E-state index contributed by atoms with van der Waals surface area (Å²) in [7, 11) is 0. The maximum absolute atomic E-state index is 5.20. The smallest absolute Gasteiger partial charge is 0.0715 e. The fourth-order valence-electron chi connectivity index (χ4n) is 10.7. The second kappa shape index (κ2) is 16.8. The minimum Gasteiger partial charge on any atom is -0.309 e. The zero-order chi connectivity index (χ0) is 45.8. The van der Waals surface area contributed by atoms with Gasteiger partial charge in [0.25, 0.3) is 0 Å². The first-order valence-corrected chi connectivity index (χ1v) is 23.9. The largest absolute Gasteiger partial charge is 0.309 e. The number of para-hydroxylation sites is 1. The minimum absolute atomic E-state index is 0.312. The normalized spacial score (nSPS) is 13.3. The third kappa shape index (κ3) is 7.08. The van der Waals surface area contributed by atoms with E-state index in [0.717, 1.165) is 85.1 Å². The Kier molecular flexibility index (Phi) is 9.83. The molecule has 4 heterocycles. The highest BCUT2D eigenvalue weighted by molar-refractivity contribution is 6.20. The van der Waals surface area contributed by atoms with Crippen LogP contribution in [-0.2, 0) is 0 Å². The van der Waals surface area contributed by atoms with Crippen molar-refractivity contribution in [3.05, 3.63) is 248 Å². The van der Waals surface area contributed by atoms with Crippen LogP contribution >= 0.6 is 0 Å². The van der Waals surface area contributed by atoms with Gasteiger partial charge in [0.1, 0.15) is 0 Å². The molecule has 0 bridgehead atoms. The lowest BCUT2D eigenvalue weighted by Gasteiger charge is -2.18. The number of hydrogen-bond acceptors (Lipinski definition) is 2. The Morgan fingerprint density at radius 3 is 1.33 bits per heavy atom. The molecule has 4 aromatic heterocycles. The van der Waals surface area contributed by atoms with Crippen molar-refractivity contribution in [1.29, 1.82) is 0 Å². The Morgan fingerprint density at radius 1 is 0.377 bits per heavy atom. The van der Waals surface area contributed by atoms with E-state index >= 15 is 0 Å². The molecule has 0 amide bonds. The van der Waals surface area contributed by atoms with E-state index in [1.54, 1.807) is 0 Å². The van der Waals surface area contributed by atoms with Crippen molar-refractivity contribution in [2.24, 2.45) is 0 Å². The van der Waals surface area contributed by atoms with Crippen LogP contribution in [-0.4, -0.2) is 19.1 Å². The predicted octanol–water partition coefficient (Wildman–Crippen LogP) is 17.0. The minimum atomic E-state index is 0.312. The van der Waals surface area contributed by atoms with Crippen molar-refractivity contribution < 1.29 is 0 Å². The summed E-state index contributed by atoms with van der Waals surface area (Å²) in [5, 5.41) is 3.79. The molecule has 1 aliphatic carbocycles. The van der Waals surface area contributed by atoms with Crippen molar-refractivity contribution in [3.8, 4) is 78.7 Å². The molecule has 13 rings (SSSR count). The Balaban J connectivity index is 1.01. The molecule has 1 aliphatic rings. The molecule has 12 aromatic rings. The van der Waals surface area contributed by atoms with Crippen LogP contribution in [0, 0.1) is 0 Å². The molecule has 4 nitrogen and oxygen atoms in total. The highest BCUT2D eigenvalue weighted by atomic mass is 15.0. The molecule has 0 radical (unpaired) electrons. The predicted molar refractivity (Wildman–Crippen MR) is 288 cm³/mol. The van der Waals surface area contributed by atoms with Gasteiger partial charge in [-0.2, -0.15) is 0 Å². The molecule has 4 heteroatoms. The van der Waals surface area contributed by atoms with Crippen LogP contribution in [0.5, 0.6) is 0 Å². The van der Waals surface area contributed by atoms with Crippen LogP contribution in [0.4, 0.5) is 0 Å². The van der Waals surface area contributed by atoms with E-state index in [2.05, 4.69) is 259 Å². The van der Waals surface area contributed by atoms with E-state index in [4.69, 9.17) is 9.97 Å². The monoisotopic (exact) mass is 882 g/mol. The number of rotatable bonds is 8. The van der Waals surface area contributed by atoms with E-state index < -0.39 is 0 Å². The molecule has 1 atom stereocenters. The molecule has 69 heavy (non-hydrogen) atoms. The van der Waals surface area contributed by atoms with E-state index in [9.17, 15) is 0 Å². The summed E-state index contributed by atoms with van der Waals surface area (Å²) >= 11 is 0. The number of hydrogen-bond donors (Lipinski definition) is 0.